The van der Waals surface area contributed by atoms with Gasteiger partial charge in [-0.15, -0.1) is 0 Å². The van der Waals surface area contributed by atoms with Crippen molar-refractivity contribution < 1.29 is 9.90 Å². The highest BCUT2D eigenvalue weighted by Gasteiger charge is 2.37. The smallest absolute Gasteiger partial charge is 0.310 e. The molecular formula is C9H15Cl3O2. The zero-order valence-corrected chi connectivity index (χ0v) is 10.4. The Labute approximate surface area is 99.5 Å². The summed E-state index contributed by atoms with van der Waals surface area (Å²) in [6, 6.07) is 0. The average Bonchev–Trinajstić information content (AvgIpc) is 2.01. The van der Waals surface area contributed by atoms with Crippen LogP contribution < -0.4 is 0 Å². The van der Waals surface area contributed by atoms with Crippen molar-refractivity contribution in [3.63, 3.8) is 0 Å². The number of halogens is 3. The van der Waals surface area contributed by atoms with Crippen LogP contribution in [0.5, 0.6) is 0 Å². The molecular weight excluding hydrogens is 246 g/mol. The predicted octanol–water partition coefficient (Wildman–Crippen LogP) is 4.03. The minimum absolute atomic E-state index is 0.422. The van der Waals surface area contributed by atoms with Crippen molar-refractivity contribution in [2.75, 3.05) is 0 Å². The molecule has 1 N–H and O–H groups in total. The van der Waals surface area contributed by atoms with E-state index < -0.39 is 15.7 Å². The molecule has 1 unspecified atom stereocenters. The summed E-state index contributed by atoms with van der Waals surface area (Å²) in [7, 11) is 0. The molecule has 5 heteroatoms. The Bertz CT molecular complexity index is 177. The van der Waals surface area contributed by atoms with Gasteiger partial charge in [0.2, 0.25) is 3.79 Å². The second-order valence-corrected chi connectivity index (χ2v) is 5.65. The first kappa shape index (κ1) is 14.3. The fourth-order valence-corrected chi connectivity index (χ4v) is 1.81. The molecule has 0 aromatic heterocycles. The molecule has 1 atom stereocenters. The second kappa shape index (κ2) is 6.76. The lowest BCUT2D eigenvalue weighted by atomic mass is 10.0. The van der Waals surface area contributed by atoms with Gasteiger partial charge in [-0.1, -0.05) is 67.4 Å². The number of unbranched alkanes of at least 4 members (excludes halogenated alkanes) is 3. The summed E-state index contributed by atoms with van der Waals surface area (Å²) in [6.07, 6.45) is 4.39. The fraction of sp³-hybridized carbons (Fsp3) is 0.889. The number of hydrogen-bond donors (Lipinski definition) is 1. The molecule has 0 saturated carbocycles. The van der Waals surface area contributed by atoms with Crippen LogP contribution in [0.15, 0.2) is 0 Å². The van der Waals surface area contributed by atoms with Gasteiger partial charge in [0.25, 0.3) is 0 Å². The summed E-state index contributed by atoms with van der Waals surface area (Å²) in [6.45, 7) is 2.09. The summed E-state index contributed by atoms with van der Waals surface area (Å²) in [4.78, 5) is 10.8. The van der Waals surface area contributed by atoms with Gasteiger partial charge in [-0.2, -0.15) is 0 Å². The standard InChI is InChI=1S/C9H15Cl3O2/c1-2-3-4-5-6-7(8(13)14)9(10,11)12/h7H,2-6H2,1H3,(H,13,14). The van der Waals surface area contributed by atoms with E-state index in [0.29, 0.717) is 6.42 Å². The molecule has 0 radical (unpaired) electrons. The van der Waals surface area contributed by atoms with Crippen LogP contribution in [-0.4, -0.2) is 14.9 Å². The zero-order valence-electron chi connectivity index (χ0n) is 8.10. The highest BCUT2D eigenvalue weighted by atomic mass is 35.6. The molecule has 0 saturated heterocycles. The fourth-order valence-electron chi connectivity index (χ4n) is 1.20. The Morgan fingerprint density at radius 1 is 1.29 bits per heavy atom. The molecule has 0 bridgehead atoms. The van der Waals surface area contributed by atoms with Crippen LogP contribution in [0.1, 0.15) is 39.0 Å². The molecule has 14 heavy (non-hydrogen) atoms. The van der Waals surface area contributed by atoms with Crippen LogP contribution in [0.25, 0.3) is 0 Å². The van der Waals surface area contributed by atoms with Gasteiger partial charge in [-0.05, 0) is 6.42 Å². The van der Waals surface area contributed by atoms with Gasteiger partial charge < -0.3 is 5.11 Å². The van der Waals surface area contributed by atoms with E-state index in [0.717, 1.165) is 25.7 Å². The number of alkyl halides is 3. The maximum Gasteiger partial charge on any atom is 0.310 e. The molecule has 0 aliphatic rings. The average molecular weight is 262 g/mol. The first-order chi connectivity index (χ1) is 6.39. The first-order valence-corrected chi connectivity index (χ1v) is 5.82. The lowest BCUT2D eigenvalue weighted by molar-refractivity contribution is -0.141. The van der Waals surface area contributed by atoms with Crippen LogP contribution in [-0.2, 0) is 4.79 Å². The number of hydrogen-bond acceptors (Lipinski definition) is 1. The van der Waals surface area contributed by atoms with Gasteiger partial charge in [0.1, 0.15) is 5.92 Å². The summed E-state index contributed by atoms with van der Waals surface area (Å²) in [5, 5.41) is 8.81. The number of aliphatic carboxylic acids is 1. The monoisotopic (exact) mass is 260 g/mol. The third-order valence-electron chi connectivity index (χ3n) is 2.04. The van der Waals surface area contributed by atoms with Crippen LogP contribution in [0.3, 0.4) is 0 Å². The Balaban J connectivity index is 3.94. The van der Waals surface area contributed by atoms with E-state index in [-0.39, 0.29) is 0 Å². The van der Waals surface area contributed by atoms with Gasteiger partial charge in [-0.25, -0.2) is 0 Å². The predicted molar refractivity (Wildman–Crippen MR) is 60.2 cm³/mol. The molecule has 0 fully saturated rings. The lowest BCUT2D eigenvalue weighted by Gasteiger charge is -2.19. The first-order valence-electron chi connectivity index (χ1n) is 4.69. The molecule has 0 rings (SSSR count). The Hall–Kier alpha value is 0.340. The number of carboxylic acids is 1. The number of carboxylic acid groups (broad SMARTS) is 1. The van der Waals surface area contributed by atoms with E-state index in [1.165, 1.54) is 0 Å². The van der Waals surface area contributed by atoms with E-state index in [2.05, 4.69) is 6.92 Å². The summed E-state index contributed by atoms with van der Waals surface area (Å²) in [5.74, 6) is -1.94. The van der Waals surface area contributed by atoms with Crippen LogP contribution in [0.4, 0.5) is 0 Å². The summed E-state index contributed by atoms with van der Waals surface area (Å²) in [5.41, 5.74) is 0. The second-order valence-electron chi connectivity index (χ2n) is 3.28. The van der Waals surface area contributed by atoms with Crippen LogP contribution in [0, 0.1) is 5.92 Å². The third kappa shape index (κ3) is 5.94. The minimum Gasteiger partial charge on any atom is -0.481 e. The topological polar surface area (TPSA) is 37.3 Å². The van der Waals surface area contributed by atoms with E-state index in [9.17, 15) is 4.79 Å². The van der Waals surface area contributed by atoms with E-state index in [1.807, 2.05) is 0 Å². The Morgan fingerprint density at radius 2 is 1.86 bits per heavy atom. The van der Waals surface area contributed by atoms with E-state index >= 15 is 0 Å². The number of rotatable bonds is 6. The van der Waals surface area contributed by atoms with Crippen molar-refractivity contribution in [3.05, 3.63) is 0 Å². The zero-order chi connectivity index (χ0) is 11.2. The quantitative estimate of drug-likeness (QED) is 0.579. The van der Waals surface area contributed by atoms with E-state index in [1.54, 1.807) is 0 Å². The van der Waals surface area contributed by atoms with Crippen molar-refractivity contribution in [1.82, 2.24) is 0 Å². The normalized spacial score (nSPS) is 14.0. The Morgan fingerprint density at radius 3 is 2.21 bits per heavy atom. The molecule has 0 heterocycles. The molecule has 84 valence electrons. The molecule has 0 aliphatic heterocycles. The molecule has 0 spiro atoms. The number of carbonyl (C=O) groups is 1. The van der Waals surface area contributed by atoms with Crippen molar-refractivity contribution in [3.8, 4) is 0 Å². The van der Waals surface area contributed by atoms with Crippen molar-refractivity contribution >= 4 is 40.8 Å². The van der Waals surface area contributed by atoms with Crippen LogP contribution in [0.2, 0.25) is 0 Å². The molecule has 0 aromatic rings. The lowest BCUT2D eigenvalue weighted by Crippen LogP contribution is -2.27. The molecule has 0 aromatic carbocycles. The van der Waals surface area contributed by atoms with Gasteiger partial charge >= 0.3 is 5.97 Å². The van der Waals surface area contributed by atoms with Gasteiger partial charge in [-0.3, -0.25) is 4.79 Å². The molecule has 0 amide bonds. The van der Waals surface area contributed by atoms with Crippen LogP contribution >= 0.6 is 34.8 Å². The Kier molecular flexibility index (Phi) is 6.92. The maximum atomic E-state index is 10.8. The SMILES string of the molecule is CCCCCCC(C(=O)O)C(Cl)(Cl)Cl. The van der Waals surface area contributed by atoms with Crippen molar-refractivity contribution in [2.45, 2.75) is 42.8 Å². The van der Waals surface area contributed by atoms with Crippen molar-refractivity contribution in [2.24, 2.45) is 5.92 Å². The molecule has 0 aliphatic carbocycles. The highest BCUT2D eigenvalue weighted by Crippen LogP contribution is 2.38. The van der Waals surface area contributed by atoms with Gasteiger partial charge in [0, 0.05) is 0 Å². The van der Waals surface area contributed by atoms with E-state index in [4.69, 9.17) is 39.9 Å². The molecule has 2 nitrogen and oxygen atoms in total. The summed E-state index contributed by atoms with van der Waals surface area (Å²) < 4.78 is -1.70. The third-order valence-corrected chi connectivity index (χ3v) is 2.83. The van der Waals surface area contributed by atoms with Crippen molar-refractivity contribution in [1.29, 1.82) is 0 Å². The minimum atomic E-state index is -1.70. The highest BCUT2D eigenvalue weighted by molar-refractivity contribution is 6.68. The summed E-state index contributed by atoms with van der Waals surface area (Å²) >= 11 is 16.7. The maximum absolute atomic E-state index is 10.8. The largest absolute Gasteiger partial charge is 0.481 e. The van der Waals surface area contributed by atoms with Gasteiger partial charge in [0.05, 0.1) is 0 Å². The van der Waals surface area contributed by atoms with Gasteiger partial charge in [0.15, 0.2) is 0 Å².